The molecular weight excluding hydrogens is 716 g/mol. The Kier molecular flexibility index (Phi) is 10.8. The maximum Gasteiger partial charge on any atom is 0.319 e. The lowest BCUT2D eigenvalue weighted by Gasteiger charge is -2.35. The number of aliphatic hydroxyl groups excluding tert-OH is 1. The summed E-state index contributed by atoms with van der Waals surface area (Å²) in [7, 11) is 2.78. The molecule has 4 saturated heterocycles. The quantitative estimate of drug-likeness (QED) is 0.0484. The van der Waals surface area contributed by atoms with Crippen molar-refractivity contribution in [1.82, 2.24) is 30.5 Å². The first-order chi connectivity index (χ1) is 26.7. The average Bonchev–Trinajstić information content (AvgIpc) is 3.81. The molecule has 6 unspecified atom stereocenters. The summed E-state index contributed by atoms with van der Waals surface area (Å²) in [6.07, 6.45) is 15.6. The van der Waals surface area contributed by atoms with Crippen LogP contribution >= 0.6 is 9.24 Å². The van der Waals surface area contributed by atoms with Crippen LogP contribution in [0.3, 0.4) is 0 Å². The zero-order valence-electron chi connectivity index (χ0n) is 31.1. The predicted molar refractivity (Wildman–Crippen MR) is 216 cm³/mol. The number of phenols is 1. The maximum absolute atomic E-state index is 15.1. The number of ether oxygens (including phenoxy) is 1. The van der Waals surface area contributed by atoms with Gasteiger partial charge in [0, 0.05) is 79.8 Å². The van der Waals surface area contributed by atoms with Crippen molar-refractivity contribution in [3.05, 3.63) is 54.0 Å². The molecule has 4 aliphatic rings. The van der Waals surface area contributed by atoms with Crippen LogP contribution in [-0.2, 0) is 4.79 Å². The number of piperazine rings is 1. The molecule has 2 aromatic carbocycles. The number of nitrogens with one attached hydrogen (secondary N) is 2. The van der Waals surface area contributed by atoms with E-state index in [9.17, 15) is 15.0 Å². The van der Waals surface area contributed by atoms with Crippen LogP contribution in [0.4, 0.5) is 10.2 Å². The molecule has 4 aliphatic heterocycles. The number of benzene rings is 2. The number of carbonyl (C=O) groups excluding carboxylic acids is 1. The molecule has 0 saturated carbocycles. The molecule has 0 radical (unpaired) electrons. The smallest absolute Gasteiger partial charge is 0.319 e. The lowest BCUT2D eigenvalue weighted by atomic mass is 9.94. The van der Waals surface area contributed by atoms with Gasteiger partial charge in [-0.15, -0.1) is 15.7 Å². The van der Waals surface area contributed by atoms with Gasteiger partial charge in [-0.05, 0) is 81.0 Å². The van der Waals surface area contributed by atoms with E-state index in [1.807, 2.05) is 0 Å². The number of rotatable bonds is 14. The van der Waals surface area contributed by atoms with Gasteiger partial charge >= 0.3 is 6.01 Å². The number of aliphatic hydroxyl groups is 1. The standard InChI is InChI=1S/C42H49FN7O4P/c1-3-32-35(43)7-4-27-16-31(53)17-33(36(27)32)37-39(55)38-34(20-45-37)40(49-22-28-5-6-29(23-49)46-28)48-41(47-38)54-24-42-12-8-30(50(42)21-25(2)18-42)19-44-13-9-26(10-14-51)11-15-52/h1,4,7,14,16-17,20,26,28-30,44,46,52-53H,2,5-6,8-13,15,18-19,21-24,55H2. The predicted octanol–water partition coefficient (Wildman–Crippen LogP) is 4.22. The first-order valence-corrected chi connectivity index (χ1v) is 20.0. The largest absolute Gasteiger partial charge is 0.508 e. The zero-order valence-corrected chi connectivity index (χ0v) is 32.2. The highest BCUT2D eigenvalue weighted by atomic mass is 31.0. The number of aromatic nitrogens is 3. The number of nitrogens with zero attached hydrogens (tertiary/aromatic N) is 5. The van der Waals surface area contributed by atoms with Crippen LogP contribution < -0.4 is 25.6 Å². The van der Waals surface area contributed by atoms with Crippen molar-refractivity contribution in [2.45, 2.75) is 75.0 Å². The first kappa shape index (κ1) is 37.7. The highest BCUT2D eigenvalue weighted by Crippen LogP contribution is 2.44. The molecular formula is C42H49FN7O4P. The van der Waals surface area contributed by atoms with Gasteiger partial charge in [-0.1, -0.05) is 24.1 Å². The normalized spacial score (nSPS) is 24.1. The molecule has 6 heterocycles. The minimum atomic E-state index is -0.518. The van der Waals surface area contributed by atoms with Crippen LogP contribution in [-0.4, -0.2) is 106 Å². The molecule has 0 amide bonds. The van der Waals surface area contributed by atoms with Crippen molar-refractivity contribution in [2.75, 3.05) is 50.8 Å². The number of carbonyl (C=O) groups is 1. The molecule has 4 fully saturated rings. The topological polar surface area (TPSA) is 136 Å². The second kappa shape index (κ2) is 15.7. The van der Waals surface area contributed by atoms with Gasteiger partial charge in [0.25, 0.3) is 0 Å². The molecule has 0 spiro atoms. The minimum absolute atomic E-state index is 0.0166. The fraction of sp³-hybridized carbons (Fsp3) is 0.476. The van der Waals surface area contributed by atoms with Gasteiger partial charge in [0.05, 0.1) is 27.7 Å². The van der Waals surface area contributed by atoms with Crippen molar-refractivity contribution in [2.24, 2.45) is 5.92 Å². The van der Waals surface area contributed by atoms with Crippen LogP contribution in [0.5, 0.6) is 11.8 Å². The van der Waals surface area contributed by atoms with Gasteiger partial charge in [-0.25, -0.2) is 4.39 Å². The number of halogens is 1. The second-order valence-corrected chi connectivity index (χ2v) is 16.4. The van der Waals surface area contributed by atoms with E-state index in [1.165, 1.54) is 11.6 Å². The molecule has 55 heavy (non-hydrogen) atoms. The third-order valence-corrected chi connectivity index (χ3v) is 12.8. The Bertz CT molecular complexity index is 2170. The Hall–Kier alpha value is -4.24. The summed E-state index contributed by atoms with van der Waals surface area (Å²) in [4.78, 5) is 31.0. The number of fused-ring (bicyclic) bond motifs is 5. The maximum atomic E-state index is 15.1. The van der Waals surface area contributed by atoms with E-state index < -0.39 is 5.82 Å². The number of pyridine rings is 1. The van der Waals surface area contributed by atoms with Gasteiger partial charge < -0.3 is 35.3 Å². The molecule has 6 atom stereocenters. The third-order valence-electron chi connectivity index (χ3n) is 12.2. The van der Waals surface area contributed by atoms with Gasteiger partial charge in [0.15, 0.2) is 0 Å². The van der Waals surface area contributed by atoms with Gasteiger partial charge in [-0.3, -0.25) is 9.88 Å². The summed E-state index contributed by atoms with van der Waals surface area (Å²) < 4.78 is 21.7. The summed E-state index contributed by atoms with van der Waals surface area (Å²) in [5.41, 5.74) is 2.73. The molecule has 11 nitrogen and oxygen atoms in total. The summed E-state index contributed by atoms with van der Waals surface area (Å²) in [5, 5.41) is 30.0. The fourth-order valence-electron chi connectivity index (χ4n) is 9.58. The molecule has 4 N–H and O–H groups in total. The van der Waals surface area contributed by atoms with Crippen LogP contribution in [0.15, 0.2) is 42.6 Å². The fourth-order valence-corrected chi connectivity index (χ4v) is 10.0. The Balaban J connectivity index is 1.11. The van der Waals surface area contributed by atoms with E-state index in [4.69, 9.17) is 26.1 Å². The van der Waals surface area contributed by atoms with Crippen LogP contribution in [0.2, 0.25) is 0 Å². The summed E-state index contributed by atoms with van der Waals surface area (Å²) in [6, 6.07) is 7.41. The van der Waals surface area contributed by atoms with Gasteiger partial charge in [0.1, 0.15) is 30.3 Å². The van der Waals surface area contributed by atoms with E-state index in [1.54, 1.807) is 24.4 Å². The van der Waals surface area contributed by atoms with Crippen LogP contribution in [0.1, 0.15) is 56.9 Å². The van der Waals surface area contributed by atoms with Crippen molar-refractivity contribution >= 4 is 48.3 Å². The van der Waals surface area contributed by atoms with E-state index in [0.717, 1.165) is 88.7 Å². The Morgan fingerprint density at radius 1 is 1.22 bits per heavy atom. The highest BCUT2D eigenvalue weighted by Gasteiger charge is 2.51. The Morgan fingerprint density at radius 2 is 2.04 bits per heavy atom. The number of aromatic hydroxyl groups is 1. The number of hydrogen-bond donors (Lipinski definition) is 4. The number of anilines is 1. The van der Waals surface area contributed by atoms with E-state index in [0.29, 0.717) is 70.4 Å². The third kappa shape index (κ3) is 7.29. The van der Waals surface area contributed by atoms with E-state index in [-0.39, 0.29) is 35.4 Å². The SMILES string of the molecule is C#Cc1c(F)ccc2cc(O)cc(-c3ncc4c(N5CC6CCC(C5)N6)nc(OCC56CCC(CNCCC(CC=O)CCO)N5CC(=C)C6)nc4c3P)c12. The lowest BCUT2D eigenvalue weighted by Crippen LogP contribution is -2.51. The second-order valence-electron chi connectivity index (χ2n) is 15.8. The van der Waals surface area contributed by atoms with Crippen LogP contribution in [0, 0.1) is 24.1 Å². The number of terminal acetylenes is 1. The molecule has 2 aromatic heterocycles. The number of hydrogen-bond acceptors (Lipinski definition) is 11. The van der Waals surface area contributed by atoms with E-state index >= 15 is 4.39 Å². The molecule has 288 valence electrons. The molecule has 8 rings (SSSR count). The Morgan fingerprint density at radius 3 is 2.80 bits per heavy atom. The molecule has 13 heteroatoms. The van der Waals surface area contributed by atoms with Crippen LogP contribution in [0.25, 0.3) is 32.9 Å². The number of aldehydes is 1. The summed E-state index contributed by atoms with van der Waals surface area (Å²) in [5.74, 6) is 2.97. The van der Waals surface area contributed by atoms with Gasteiger partial charge in [0.2, 0.25) is 0 Å². The minimum Gasteiger partial charge on any atom is -0.508 e. The van der Waals surface area contributed by atoms with Crippen molar-refractivity contribution < 1.29 is 24.1 Å². The van der Waals surface area contributed by atoms with Crippen molar-refractivity contribution in [3.63, 3.8) is 0 Å². The molecule has 4 aromatic rings. The van der Waals surface area contributed by atoms with Crippen molar-refractivity contribution in [1.29, 1.82) is 0 Å². The summed E-state index contributed by atoms with van der Waals surface area (Å²) in [6.45, 7) is 8.92. The van der Waals surface area contributed by atoms with E-state index in [2.05, 4.69) is 42.2 Å². The summed E-state index contributed by atoms with van der Waals surface area (Å²) >= 11 is 0. The average molecular weight is 766 g/mol. The van der Waals surface area contributed by atoms with Gasteiger partial charge in [-0.2, -0.15) is 9.97 Å². The van der Waals surface area contributed by atoms with Crippen molar-refractivity contribution in [3.8, 4) is 35.4 Å². The Labute approximate surface area is 323 Å². The molecule has 2 bridgehead atoms. The highest BCUT2D eigenvalue weighted by molar-refractivity contribution is 7.28. The first-order valence-electron chi connectivity index (χ1n) is 19.4. The number of phenolic OH excluding ortho intramolecular Hbond substituents is 1. The molecule has 0 aliphatic carbocycles. The zero-order chi connectivity index (χ0) is 38.3. The monoisotopic (exact) mass is 765 g/mol. The lowest BCUT2D eigenvalue weighted by molar-refractivity contribution is -0.108.